The Labute approximate surface area is 113 Å². The minimum absolute atomic E-state index is 0.332. The van der Waals surface area contributed by atoms with E-state index in [2.05, 4.69) is 34.8 Å². The van der Waals surface area contributed by atoms with Crippen LogP contribution in [-0.2, 0) is 0 Å². The van der Waals surface area contributed by atoms with Gasteiger partial charge >= 0.3 is 0 Å². The Morgan fingerprint density at radius 2 is 2.00 bits per heavy atom. The lowest BCUT2D eigenvalue weighted by atomic mass is 9.84. The second-order valence-electron chi connectivity index (χ2n) is 6.11. The highest BCUT2D eigenvalue weighted by molar-refractivity contribution is 5.90. The molecule has 19 heavy (non-hydrogen) atoms. The predicted octanol–water partition coefficient (Wildman–Crippen LogP) is 2.84. The summed E-state index contributed by atoms with van der Waals surface area (Å²) in [5, 5.41) is 1.09. The number of aromatic nitrogens is 2. The van der Waals surface area contributed by atoms with Crippen molar-refractivity contribution in [3.63, 3.8) is 0 Å². The third-order valence-corrected chi connectivity index (χ3v) is 3.80. The van der Waals surface area contributed by atoms with E-state index in [1.165, 1.54) is 12.8 Å². The van der Waals surface area contributed by atoms with Crippen LogP contribution in [0.1, 0.15) is 26.7 Å². The SMILES string of the molecule is CC1(C)CCCN(c2nc(N)nc3ccccc23)C1. The van der Waals surface area contributed by atoms with E-state index >= 15 is 0 Å². The van der Waals surface area contributed by atoms with Gasteiger partial charge in [-0.25, -0.2) is 4.98 Å². The smallest absolute Gasteiger partial charge is 0.222 e. The summed E-state index contributed by atoms with van der Waals surface area (Å²) in [6, 6.07) is 8.08. The summed E-state index contributed by atoms with van der Waals surface area (Å²) in [4.78, 5) is 11.1. The Hall–Kier alpha value is -1.84. The number of anilines is 2. The van der Waals surface area contributed by atoms with Crippen LogP contribution in [0.5, 0.6) is 0 Å². The predicted molar refractivity (Wildman–Crippen MR) is 79.2 cm³/mol. The fourth-order valence-corrected chi connectivity index (χ4v) is 2.92. The molecule has 0 aliphatic carbocycles. The third kappa shape index (κ3) is 2.35. The van der Waals surface area contributed by atoms with E-state index < -0.39 is 0 Å². The van der Waals surface area contributed by atoms with E-state index in [4.69, 9.17) is 5.73 Å². The first-order chi connectivity index (χ1) is 9.05. The summed E-state index contributed by atoms with van der Waals surface area (Å²) < 4.78 is 0. The first-order valence-electron chi connectivity index (χ1n) is 6.82. The Kier molecular flexibility index (Phi) is 2.81. The first kappa shape index (κ1) is 12.2. The van der Waals surface area contributed by atoms with Crippen molar-refractivity contribution in [2.24, 2.45) is 5.41 Å². The van der Waals surface area contributed by atoms with Gasteiger partial charge < -0.3 is 10.6 Å². The lowest BCUT2D eigenvalue weighted by Gasteiger charge is -2.39. The molecule has 0 amide bonds. The van der Waals surface area contributed by atoms with E-state index in [0.29, 0.717) is 11.4 Å². The molecule has 0 radical (unpaired) electrons. The number of piperidine rings is 1. The van der Waals surface area contributed by atoms with Gasteiger partial charge in [-0.2, -0.15) is 4.98 Å². The van der Waals surface area contributed by atoms with Gasteiger partial charge in [0.15, 0.2) is 0 Å². The second kappa shape index (κ2) is 4.37. The minimum atomic E-state index is 0.332. The highest BCUT2D eigenvalue weighted by Gasteiger charge is 2.28. The van der Waals surface area contributed by atoms with Crippen LogP contribution in [0, 0.1) is 5.41 Å². The van der Waals surface area contributed by atoms with Crippen LogP contribution in [0.2, 0.25) is 0 Å². The standard InChI is InChI=1S/C15H20N4/c1-15(2)8-5-9-19(10-15)13-11-6-3-4-7-12(11)17-14(16)18-13/h3-4,6-7H,5,8-10H2,1-2H3,(H2,16,17,18). The van der Waals surface area contributed by atoms with Crippen molar-refractivity contribution in [3.8, 4) is 0 Å². The van der Waals surface area contributed by atoms with Crippen molar-refractivity contribution in [3.05, 3.63) is 24.3 Å². The van der Waals surface area contributed by atoms with Gasteiger partial charge in [0.25, 0.3) is 0 Å². The molecule has 0 unspecified atom stereocenters. The van der Waals surface area contributed by atoms with E-state index in [1.54, 1.807) is 0 Å². The topological polar surface area (TPSA) is 55.0 Å². The van der Waals surface area contributed by atoms with Crippen molar-refractivity contribution >= 4 is 22.7 Å². The van der Waals surface area contributed by atoms with Gasteiger partial charge in [-0.15, -0.1) is 0 Å². The zero-order chi connectivity index (χ0) is 13.5. The number of nitrogen functional groups attached to an aromatic ring is 1. The summed E-state index contributed by atoms with van der Waals surface area (Å²) in [6.45, 7) is 6.69. The van der Waals surface area contributed by atoms with Crippen LogP contribution in [0.25, 0.3) is 10.9 Å². The third-order valence-electron chi connectivity index (χ3n) is 3.80. The molecule has 2 aromatic rings. The fraction of sp³-hybridized carbons (Fsp3) is 0.467. The number of benzene rings is 1. The molecule has 0 saturated carbocycles. The number of para-hydroxylation sites is 1. The fourth-order valence-electron chi connectivity index (χ4n) is 2.92. The van der Waals surface area contributed by atoms with Gasteiger partial charge in [0.05, 0.1) is 5.52 Å². The molecule has 1 aromatic heterocycles. The van der Waals surface area contributed by atoms with Crippen LogP contribution < -0.4 is 10.6 Å². The molecule has 2 heterocycles. The lowest BCUT2D eigenvalue weighted by Crippen LogP contribution is -2.40. The van der Waals surface area contributed by atoms with Crippen LogP contribution in [0.3, 0.4) is 0 Å². The molecule has 1 aliphatic rings. The lowest BCUT2D eigenvalue weighted by molar-refractivity contribution is 0.292. The largest absolute Gasteiger partial charge is 0.368 e. The zero-order valence-corrected chi connectivity index (χ0v) is 11.6. The summed E-state index contributed by atoms with van der Waals surface area (Å²) in [7, 11) is 0. The summed E-state index contributed by atoms with van der Waals surface area (Å²) >= 11 is 0. The molecular weight excluding hydrogens is 236 g/mol. The van der Waals surface area contributed by atoms with E-state index in [0.717, 1.165) is 29.8 Å². The quantitative estimate of drug-likeness (QED) is 0.852. The maximum Gasteiger partial charge on any atom is 0.222 e. The molecular formula is C15H20N4. The molecule has 3 rings (SSSR count). The van der Waals surface area contributed by atoms with Gasteiger partial charge in [-0.1, -0.05) is 26.0 Å². The van der Waals surface area contributed by atoms with E-state index in [9.17, 15) is 0 Å². The number of hydrogen-bond acceptors (Lipinski definition) is 4. The second-order valence-corrected chi connectivity index (χ2v) is 6.11. The Bertz CT molecular complexity index is 606. The van der Waals surface area contributed by atoms with Gasteiger partial charge in [-0.3, -0.25) is 0 Å². The van der Waals surface area contributed by atoms with Crippen molar-refractivity contribution in [2.75, 3.05) is 23.7 Å². The molecule has 1 aromatic carbocycles. The van der Waals surface area contributed by atoms with E-state index in [1.807, 2.05) is 18.2 Å². The van der Waals surface area contributed by atoms with Crippen molar-refractivity contribution in [2.45, 2.75) is 26.7 Å². The van der Waals surface area contributed by atoms with Crippen LogP contribution in [0.4, 0.5) is 11.8 Å². The monoisotopic (exact) mass is 256 g/mol. The van der Waals surface area contributed by atoms with E-state index in [-0.39, 0.29) is 0 Å². The van der Waals surface area contributed by atoms with Crippen molar-refractivity contribution in [1.29, 1.82) is 0 Å². The van der Waals surface area contributed by atoms with Gasteiger partial charge in [0.2, 0.25) is 5.95 Å². The number of fused-ring (bicyclic) bond motifs is 1. The first-order valence-corrected chi connectivity index (χ1v) is 6.82. The highest BCUT2D eigenvalue weighted by atomic mass is 15.2. The summed E-state index contributed by atoms with van der Waals surface area (Å²) in [6.07, 6.45) is 2.47. The van der Waals surface area contributed by atoms with Gasteiger partial charge in [-0.05, 0) is 30.4 Å². The maximum atomic E-state index is 5.85. The molecule has 100 valence electrons. The molecule has 1 fully saturated rings. The Balaban J connectivity index is 2.09. The van der Waals surface area contributed by atoms with Crippen molar-refractivity contribution in [1.82, 2.24) is 9.97 Å². The van der Waals surface area contributed by atoms with Crippen molar-refractivity contribution < 1.29 is 0 Å². The molecule has 0 bridgehead atoms. The van der Waals surface area contributed by atoms with Crippen LogP contribution in [0.15, 0.2) is 24.3 Å². The highest BCUT2D eigenvalue weighted by Crippen LogP contribution is 2.33. The molecule has 0 atom stereocenters. The zero-order valence-electron chi connectivity index (χ0n) is 11.6. The normalized spacial score (nSPS) is 18.7. The summed E-state index contributed by atoms with van der Waals surface area (Å²) in [5.41, 5.74) is 7.11. The van der Waals surface area contributed by atoms with Gasteiger partial charge in [0, 0.05) is 18.5 Å². The molecule has 4 nitrogen and oxygen atoms in total. The maximum absolute atomic E-state index is 5.85. The molecule has 4 heteroatoms. The van der Waals surface area contributed by atoms with Crippen LogP contribution in [-0.4, -0.2) is 23.1 Å². The van der Waals surface area contributed by atoms with Gasteiger partial charge in [0.1, 0.15) is 5.82 Å². The number of nitrogens with zero attached hydrogens (tertiary/aromatic N) is 3. The number of hydrogen-bond donors (Lipinski definition) is 1. The molecule has 1 aliphatic heterocycles. The molecule has 1 saturated heterocycles. The molecule has 2 N–H and O–H groups in total. The number of nitrogens with two attached hydrogens (primary N) is 1. The Morgan fingerprint density at radius 3 is 2.79 bits per heavy atom. The average molecular weight is 256 g/mol. The minimum Gasteiger partial charge on any atom is -0.368 e. The number of rotatable bonds is 1. The average Bonchev–Trinajstić information content (AvgIpc) is 2.36. The van der Waals surface area contributed by atoms with Crippen LogP contribution >= 0.6 is 0 Å². The summed E-state index contributed by atoms with van der Waals surface area (Å²) in [5.74, 6) is 1.34. The molecule has 0 spiro atoms. The Morgan fingerprint density at radius 1 is 1.21 bits per heavy atom.